The molecule has 2 heterocycles. The molecule has 0 saturated carbocycles. The average Bonchev–Trinajstić information content (AvgIpc) is 3.18. The van der Waals surface area contributed by atoms with Crippen molar-refractivity contribution in [2.75, 3.05) is 0 Å². The minimum absolute atomic E-state index is 0.213. The van der Waals surface area contributed by atoms with Crippen LogP contribution in [0, 0.1) is 0 Å². The van der Waals surface area contributed by atoms with Crippen LogP contribution in [0.2, 0.25) is 0 Å². The molecule has 0 bridgehead atoms. The SMILES string of the molecule is C=N/C(C)=C\C(C)=C1\C=C2OC(C)(C)C3OC3C2=CC1. The first-order valence-corrected chi connectivity index (χ1v) is 7.04. The zero-order chi connectivity index (χ0) is 14.5. The summed E-state index contributed by atoms with van der Waals surface area (Å²) in [6.07, 6.45) is 7.81. The van der Waals surface area contributed by atoms with Gasteiger partial charge in [-0.3, -0.25) is 4.99 Å². The highest BCUT2D eigenvalue weighted by atomic mass is 16.6. The Labute approximate surface area is 120 Å². The fourth-order valence-electron chi connectivity index (χ4n) is 2.91. The van der Waals surface area contributed by atoms with Crippen molar-refractivity contribution in [1.29, 1.82) is 0 Å². The number of ether oxygens (including phenoxy) is 2. The van der Waals surface area contributed by atoms with E-state index in [2.05, 4.69) is 50.7 Å². The summed E-state index contributed by atoms with van der Waals surface area (Å²) in [5, 5.41) is 0. The Hall–Kier alpha value is -1.61. The Balaban J connectivity index is 1.92. The van der Waals surface area contributed by atoms with Crippen molar-refractivity contribution in [1.82, 2.24) is 0 Å². The van der Waals surface area contributed by atoms with E-state index in [0.29, 0.717) is 0 Å². The van der Waals surface area contributed by atoms with E-state index in [4.69, 9.17) is 9.47 Å². The van der Waals surface area contributed by atoms with Gasteiger partial charge >= 0.3 is 0 Å². The molecule has 0 aromatic rings. The molecule has 20 heavy (non-hydrogen) atoms. The van der Waals surface area contributed by atoms with Crippen LogP contribution in [0.25, 0.3) is 0 Å². The zero-order valence-corrected chi connectivity index (χ0v) is 12.6. The van der Waals surface area contributed by atoms with Gasteiger partial charge in [0.2, 0.25) is 0 Å². The molecule has 2 fully saturated rings. The van der Waals surface area contributed by atoms with Crippen molar-refractivity contribution in [3.8, 4) is 0 Å². The minimum Gasteiger partial charge on any atom is -0.485 e. The molecule has 3 heteroatoms. The number of hydrogen-bond donors (Lipinski definition) is 0. The van der Waals surface area contributed by atoms with E-state index in [-0.39, 0.29) is 17.8 Å². The maximum Gasteiger partial charge on any atom is 0.132 e. The molecule has 0 aromatic heterocycles. The number of hydrogen-bond acceptors (Lipinski definition) is 3. The summed E-state index contributed by atoms with van der Waals surface area (Å²) in [6.45, 7) is 11.8. The van der Waals surface area contributed by atoms with Crippen molar-refractivity contribution in [2.45, 2.75) is 51.9 Å². The average molecular weight is 271 g/mol. The molecule has 2 unspecified atom stereocenters. The molecule has 3 rings (SSSR count). The highest BCUT2D eigenvalue weighted by Gasteiger charge is 2.58. The molecule has 1 aliphatic carbocycles. The lowest BCUT2D eigenvalue weighted by Gasteiger charge is -2.32. The van der Waals surface area contributed by atoms with Crippen LogP contribution in [0.1, 0.15) is 34.1 Å². The molecule has 0 amide bonds. The molecule has 2 aliphatic heterocycles. The Morgan fingerprint density at radius 2 is 2.20 bits per heavy atom. The van der Waals surface area contributed by atoms with Gasteiger partial charge in [-0.15, -0.1) is 0 Å². The summed E-state index contributed by atoms with van der Waals surface area (Å²) in [5.74, 6) is 0.965. The third-order valence-corrected chi connectivity index (χ3v) is 4.17. The summed E-state index contributed by atoms with van der Waals surface area (Å²) in [4.78, 5) is 3.94. The van der Waals surface area contributed by atoms with E-state index in [9.17, 15) is 0 Å². The van der Waals surface area contributed by atoms with Crippen LogP contribution >= 0.6 is 0 Å². The molecule has 106 valence electrons. The van der Waals surface area contributed by atoms with Crippen molar-refractivity contribution in [2.24, 2.45) is 4.99 Å². The molecule has 0 aromatic carbocycles. The summed E-state index contributed by atoms with van der Waals surface area (Å²) < 4.78 is 11.9. The third kappa shape index (κ3) is 2.16. The van der Waals surface area contributed by atoms with Gasteiger partial charge in [0, 0.05) is 11.3 Å². The Kier molecular flexibility index (Phi) is 2.98. The van der Waals surface area contributed by atoms with E-state index < -0.39 is 0 Å². The van der Waals surface area contributed by atoms with Crippen LogP contribution in [0.5, 0.6) is 0 Å². The number of allylic oxidation sites excluding steroid dienone is 6. The Bertz CT molecular complexity index is 590. The van der Waals surface area contributed by atoms with Gasteiger partial charge in [-0.25, -0.2) is 0 Å². The lowest BCUT2D eigenvalue weighted by molar-refractivity contribution is 0.0111. The first kappa shape index (κ1) is 13.4. The Morgan fingerprint density at radius 1 is 1.45 bits per heavy atom. The summed E-state index contributed by atoms with van der Waals surface area (Å²) in [6, 6.07) is 0. The molecular weight excluding hydrogens is 250 g/mol. The van der Waals surface area contributed by atoms with Gasteiger partial charge in [-0.2, -0.15) is 0 Å². The molecule has 2 saturated heterocycles. The van der Waals surface area contributed by atoms with E-state index in [1.54, 1.807) is 0 Å². The number of fused-ring (bicyclic) bond motifs is 3. The monoisotopic (exact) mass is 271 g/mol. The highest BCUT2D eigenvalue weighted by molar-refractivity contribution is 5.50. The van der Waals surface area contributed by atoms with Gasteiger partial charge in [0.1, 0.15) is 23.6 Å². The smallest absolute Gasteiger partial charge is 0.132 e. The second-order valence-corrected chi connectivity index (χ2v) is 6.21. The number of nitrogens with zero attached hydrogens (tertiary/aromatic N) is 1. The van der Waals surface area contributed by atoms with E-state index >= 15 is 0 Å². The topological polar surface area (TPSA) is 34.1 Å². The predicted octanol–water partition coefficient (Wildman–Crippen LogP) is 3.70. The van der Waals surface area contributed by atoms with Crippen molar-refractivity contribution < 1.29 is 9.47 Å². The van der Waals surface area contributed by atoms with Gasteiger partial charge in [0.05, 0.1) is 0 Å². The van der Waals surface area contributed by atoms with Crippen LogP contribution in [0.4, 0.5) is 0 Å². The molecular formula is C17H21NO2. The van der Waals surface area contributed by atoms with Crippen molar-refractivity contribution in [3.05, 3.63) is 46.4 Å². The van der Waals surface area contributed by atoms with E-state index in [0.717, 1.165) is 17.9 Å². The second-order valence-electron chi connectivity index (χ2n) is 6.21. The van der Waals surface area contributed by atoms with Gasteiger partial charge in [0.25, 0.3) is 0 Å². The molecule has 0 N–H and O–H groups in total. The largest absolute Gasteiger partial charge is 0.485 e. The first-order chi connectivity index (χ1) is 9.42. The van der Waals surface area contributed by atoms with Gasteiger partial charge in [-0.05, 0) is 64.1 Å². The summed E-state index contributed by atoms with van der Waals surface area (Å²) in [5.41, 5.74) is 4.38. The maximum atomic E-state index is 6.12. The predicted molar refractivity (Wildman–Crippen MR) is 80.6 cm³/mol. The minimum atomic E-state index is -0.237. The van der Waals surface area contributed by atoms with Crippen LogP contribution in [-0.4, -0.2) is 24.5 Å². The van der Waals surface area contributed by atoms with Gasteiger partial charge in [0.15, 0.2) is 0 Å². The number of epoxide rings is 1. The fourth-order valence-corrected chi connectivity index (χ4v) is 2.91. The van der Waals surface area contributed by atoms with Crippen molar-refractivity contribution >= 4 is 6.72 Å². The van der Waals surface area contributed by atoms with Crippen LogP contribution in [0.3, 0.4) is 0 Å². The molecule has 0 radical (unpaired) electrons. The fraction of sp³-hybridized carbons (Fsp3) is 0.471. The standard InChI is InChI=1S/C17H21NO2/c1-10(8-11(2)18-5)12-6-7-13-14(9-12)20-17(3,4)16-15(13)19-16/h7-9,15-16H,5-6H2,1-4H3/b11-8-,12-10+. The van der Waals surface area contributed by atoms with Gasteiger partial charge in [-0.1, -0.05) is 6.08 Å². The maximum absolute atomic E-state index is 6.12. The van der Waals surface area contributed by atoms with Crippen LogP contribution < -0.4 is 0 Å². The number of aliphatic imine (C=N–C) groups is 1. The van der Waals surface area contributed by atoms with Gasteiger partial charge < -0.3 is 9.47 Å². The highest BCUT2D eigenvalue weighted by Crippen LogP contribution is 2.49. The normalized spacial score (nSPS) is 33.1. The molecule has 3 nitrogen and oxygen atoms in total. The summed E-state index contributed by atoms with van der Waals surface area (Å²) in [7, 11) is 0. The van der Waals surface area contributed by atoms with E-state index in [1.165, 1.54) is 16.7 Å². The van der Waals surface area contributed by atoms with E-state index in [1.807, 2.05) is 6.92 Å². The lowest BCUT2D eigenvalue weighted by atomic mass is 9.88. The van der Waals surface area contributed by atoms with Crippen LogP contribution in [0.15, 0.2) is 51.4 Å². The lowest BCUT2D eigenvalue weighted by Crippen LogP contribution is -2.37. The van der Waals surface area contributed by atoms with Crippen molar-refractivity contribution in [3.63, 3.8) is 0 Å². The zero-order valence-electron chi connectivity index (χ0n) is 12.6. The number of rotatable bonds is 2. The molecule has 0 spiro atoms. The summed E-state index contributed by atoms with van der Waals surface area (Å²) >= 11 is 0. The third-order valence-electron chi connectivity index (χ3n) is 4.17. The van der Waals surface area contributed by atoms with Crippen LogP contribution in [-0.2, 0) is 9.47 Å². The Morgan fingerprint density at radius 3 is 2.90 bits per heavy atom. The second kappa shape index (κ2) is 4.45. The first-order valence-electron chi connectivity index (χ1n) is 7.04. The molecule has 3 aliphatic rings. The molecule has 2 atom stereocenters. The quantitative estimate of drug-likeness (QED) is 0.567.